The van der Waals surface area contributed by atoms with Crippen LogP contribution in [0.15, 0.2) is 36.4 Å². The molecule has 27 heavy (non-hydrogen) atoms. The normalized spacial score (nSPS) is 15.7. The van der Waals surface area contributed by atoms with Gasteiger partial charge in [0, 0.05) is 32.1 Å². The number of hydrogen-bond donors (Lipinski definition) is 0. The highest BCUT2D eigenvalue weighted by molar-refractivity contribution is 5.78. The Bertz CT molecular complexity index is 1110. The van der Waals surface area contributed by atoms with Crippen molar-refractivity contribution in [3.8, 4) is 5.88 Å². The van der Waals surface area contributed by atoms with E-state index in [1.54, 1.807) is 7.11 Å². The lowest BCUT2D eigenvalue weighted by atomic mass is 9.96. The van der Waals surface area contributed by atoms with E-state index in [9.17, 15) is 0 Å². The molecule has 0 saturated carbocycles. The molecular weight excluding hydrogens is 342 g/mol. The van der Waals surface area contributed by atoms with Crippen molar-refractivity contribution in [1.29, 1.82) is 0 Å². The zero-order chi connectivity index (χ0) is 18.4. The Labute approximate surface area is 156 Å². The molecule has 8 heteroatoms. The smallest absolute Gasteiger partial charge is 0.231 e. The first kappa shape index (κ1) is 16.0. The second kappa shape index (κ2) is 6.22. The lowest BCUT2D eigenvalue weighted by molar-refractivity contribution is 0.386. The Morgan fingerprint density at radius 3 is 2.63 bits per heavy atom. The number of ether oxygens (including phenoxy) is 1. The van der Waals surface area contributed by atoms with Crippen LogP contribution in [0.3, 0.4) is 0 Å². The Balaban J connectivity index is 1.39. The van der Waals surface area contributed by atoms with Gasteiger partial charge in [-0.25, -0.2) is 4.98 Å². The molecule has 1 aromatic carbocycles. The highest BCUT2D eigenvalue weighted by Crippen LogP contribution is 2.30. The van der Waals surface area contributed by atoms with Gasteiger partial charge in [-0.3, -0.25) is 0 Å². The number of para-hydroxylation sites is 2. The number of piperidine rings is 1. The first-order valence-corrected chi connectivity index (χ1v) is 9.17. The zero-order valence-corrected chi connectivity index (χ0v) is 15.4. The fourth-order valence-corrected chi connectivity index (χ4v) is 3.91. The van der Waals surface area contributed by atoms with Gasteiger partial charge in [0.15, 0.2) is 11.5 Å². The van der Waals surface area contributed by atoms with Gasteiger partial charge in [-0.2, -0.15) is 4.52 Å². The van der Waals surface area contributed by atoms with E-state index in [0.29, 0.717) is 11.8 Å². The molecule has 0 atom stereocenters. The van der Waals surface area contributed by atoms with Gasteiger partial charge in [0.05, 0.1) is 18.1 Å². The van der Waals surface area contributed by atoms with E-state index in [0.717, 1.165) is 54.4 Å². The number of aromatic nitrogens is 6. The number of fused-ring (bicyclic) bond motifs is 2. The van der Waals surface area contributed by atoms with Crippen molar-refractivity contribution in [1.82, 2.24) is 29.4 Å². The van der Waals surface area contributed by atoms with E-state index in [-0.39, 0.29) is 0 Å². The molecule has 0 bridgehead atoms. The number of benzene rings is 1. The number of anilines is 1. The summed E-state index contributed by atoms with van der Waals surface area (Å²) in [7, 11) is 3.70. The van der Waals surface area contributed by atoms with Crippen molar-refractivity contribution in [2.24, 2.45) is 7.05 Å². The second-order valence-electron chi connectivity index (χ2n) is 6.92. The summed E-state index contributed by atoms with van der Waals surface area (Å²) in [5.41, 5.74) is 2.95. The minimum absolute atomic E-state index is 0.325. The second-order valence-corrected chi connectivity index (χ2v) is 6.92. The van der Waals surface area contributed by atoms with Gasteiger partial charge in [-0.15, -0.1) is 15.3 Å². The molecule has 138 valence electrons. The van der Waals surface area contributed by atoms with Crippen LogP contribution in [-0.2, 0) is 7.05 Å². The first-order valence-electron chi connectivity index (χ1n) is 9.17. The number of imidazole rings is 1. The van der Waals surface area contributed by atoms with Crippen molar-refractivity contribution in [2.45, 2.75) is 18.8 Å². The minimum atomic E-state index is 0.325. The molecule has 0 unspecified atom stereocenters. The maximum Gasteiger partial charge on any atom is 0.231 e. The van der Waals surface area contributed by atoms with Crippen LogP contribution >= 0.6 is 0 Å². The Morgan fingerprint density at radius 1 is 1.04 bits per heavy atom. The summed E-state index contributed by atoms with van der Waals surface area (Å²) in [4.78, 5) is 7.18. The third-order valence-corrected chi connectivity index (χ3v) is 5.38. The summed E-state index contributed by atoms with van der Waals surface area (Å²) in [6, 6.07) is 12.0. The fourth-order valence-electron chi connectivity index (χ4n) is 3.91. The van der Waals surface area contributed by atoms with Gasteiger partial charge < -0.3 is 14.2 Å². The molecule has 4 aromatic rings. The van der Waals surface area contributed by atoms with E-state index in [1.807, 2.05) is 22.7 Å². The van der Waals surface area contributed by atoms with Gasteiger partial charge in [0.2, 0.25) is 11.8 Å². The summed E-state index contributed by atoms with van der Waals surface area (Å²) < 4.78 is 9.23. The molecule has 1 fully saturated rings. The molecule has 0 aliphatic carbocycles. The van der Waals surface area contributed by atoms with Crippen LogP contribution in [0.5, 0.6) is 5.88 Å². The SMILES string of the molecule is COc1ccc2nnc(C3CCN(c4nc5ccccc5n4C)CC3)n2n1. The fraction of sp³-hybridized carbons (Fsp3) is 0.368. The monoisotopic (exact) mass is 363 g/mol. The third kappa shape index (κ3) is 2.59. The van der Waals surface area contributed by atoms with Crippen LogP contribution in [0.1, 0.15) is 24.6 Å². The van der Waals surface area contributed by atoms with Gasteiger partial charge in [0.1, 0.15) is 0 Å². The lowest BCUT2D eigenvalue weighted by Gasteiger charge is -2.31. The molecule has 1 saturated heterocycles. The first-order chi connectivity index (χ1) is 13.2. The van der Waals surface area contributed by atoms with Crippen molar-refractivity contribution in [2.75, 3.05) is 25.1 Å². The molecule has 0 spiro atoms. The summed E-state index contributed by atoms with van der Waals surface area (Å²) in [6.07, 6.45) is 1.98. The summed E-state index contributed by atoms with van der Waals surface area (Å²) in [6.45, 7) is 1.86. The molecule has 4 heterocycles. The lowest BCUT2D eigenvalue weighted by Crippen LogP contribution is -2.35. The average Bonchev–Trinajstić information content (AvgIpc) is 3.29. The zero-order valence-electron chi connectivity index (χ0n) is 15.4. The van der Waals surface area contributed by atoms with Gasteiger partial charge in [-0.1, -0.05) is 12.1 Å². The third-order valence-electron chi connectivity index (χ3n) is 5.38. The number of hydrogen-bond acceptors (Lipinski definition) is 6. The van der Waals surface area contributed by atoms with E-state index in [4.69, 9.17) is 9.72 Å². The molecule has 5 rings (SSSR count). The topological polar surface area (TPSA) is 73.4 Å². The van der Waals surface area contributed by atoms with Crippen molar-refractivity contribution in [3.63, 3.8) is 0 Å². The molecule has 0 N–H and O–H groups in total. The summed E-state index contributed by atoms with van der Waals surface area (Å²) >= 11 is 0. The molecule has 0 radical (unpaired) electrons. The number of methoxy groups -OCH3 is 1. The highest BCUT2D eigenvalue weighted by Gasteiger charge is 2.27. The van der Waals surface area contributed by atoms with Crippen LogP contribution < -0.4 is 9.64 Å². The van der Waals surface area contributed by atoms with Crippen molar-refractivity contribution in [3.05, 3.63) is 42.2 Å². The summed E-state index contributed by atoms with van der Waals surface area (Å²) in [5, 5.41) is 13.1. The quantitative estimate of drug-likeness (QED) is 0.556. The van der Waals surface area contributed by atoms with Crippen molar-refractivity contribution >= 4 is 22.6 Å². The molecule has 3 aromatic heterocycles. The van der Waals surface area contributed by atoms with E-state index in [1.165, 1.54) is 0 Å². The molecule has 1 aliphatic heterocycles. The van der Waals surface area contributed by atoms with Gasteiger partial charge in [0.25, 0.3) is 0 Å². The number of nitrogens with zero attached hydrogens (tertiary/aromatic N) is 7. The maximum absolute atomic E-state index is 5.24. The molecular formula is C19H21N7O. The van der Waals surface area contributed by atoms with Crippen LogP contribution in [-0.4, -0.2) is 49.6 Å². The van der Waals surface area contributed by atoms with Gasteiger partial charge >= 0.3 is 0 Å². The van der Waals surface area contributed by atoms with Crippen LogP contribution in [0.2, 0.25) is 0 Å². The number of aryl methyl sites for hydroxylation is 1. The van der Waals surface area contributed by atoms with E-state index in [2.05, 4.69) is 50.0 Å². The Morgan fingerprint density at radius 2 is 1.85 bits per heavy atom. The van der Waals surface area contributed by atoms with Crippen LogP contribution in [0, 0.1) is 0 Å². The highest BCUT2D eigenvalue weighted by atomic mass is 16.5. The Kier molecular flexibility index (Phi) is 3.70. The Hall–Kier alpha value is -3.16. The van der Waals surface area contributed by atoms with Crippen LogP contribution in [0.4, 0.5) is 5.95 Å². The predicted octanol–water partition coefficient (Wildman–Crippen LogP) is 2.40. The predicted molar refractivity (Wildman–Crippen MR) is 102 cm³/mol. The largest absolute Gasteiger partial charge is 0.480 e. The maximum atomic E-state index is 5.24. The molecule has 0 amide bonds. The van der Waals surface area contributed by atoms with Gasteiger partial charge in [-0.05, 0) is 31.0 Å². The standard InChI is InChI=1S/C19H21N7O/c1-24-15-6-4-3-5-14(15)20-19(24)25-11-9-13(10-12-25)18-22-21-16-7-8-17(27-2)23-26(16)18/h3-8,13H,9-12H2,1-2H3. The number of rotatable bonds is 3. The van der Waals surface area contributed by atoms with Crippen LogP contribution in [0.25, 0.3) is 16.7 Å². The van der Waals surface area contributed by atoms with E-state index >= 15 is 0 Å². The average molecular weight is 363 g/mol. The van der Waals surface area contributed by atoms with Crippen molar-refractivity contribution < 1.29 is 4.74 Å². The molecule has 8 nitrogen and oxygen atoms in total. The summed E-state index contributed by atoms with van der Waals surface area (Å²) in [5.74, 6) is 2.83. The minimum Gasteiger partial charge on any atom is -0.480 e. The van der Waals surface area contributed by atoms with E-state index < -0.39 is 0 Å². The molecule has 1 aliphatic rings.